The van der Waals surface area contributed by atoms with Crippen LogP contribution in [0.4, 0.5) is 0 Å². The Morgan fingerprint density at radius 3 is 3.07 bits per heavy atom. The number of hydrogen-bond acceptors (Lipinski definition) is 2. The first-order chi connectivity index (χ1) is 6.83. The van der Waals surface area contributed by atoms with E-state index < -0.39 is 0 Å². The smallest absolute Gasteiger partial charge is 0.106 e. The molecule has 0 bridgehead atoms. The van der Waals surface area contributed by atoms with Crippen LogP contribution >= 0.6 is 0 Å². The van der Waals surface area contributed by atoms with Gasteiger partial charge in [-0.2, -0.15) is 0 Å². The summed E-state index contributed by atoms with van der Waals surface area (Å²) in [7, 11) is 0. The Morgan fingerprint density at radius 1 is 1.57 bits per heavy atom. The normalized spacial score (nSPS) is 13.0. The highest BCUT2D eigenvalue weighted by atomic mass is 14.9. The Labute approximate surface area is 86.3 Å². The van der Waals surface area contributed by atoms with Crippen molar-refractivity contribution in [2.24, 2.45) is 5.92 Å². The fourth-order valence-corrected chi connectivity index (χ4v) is 1.31. The molecule has 0 saturated heterocycles. The molecule has 0 amide bonds. The minimum atomic E-state index is 0.790. The van der Waals surface area contributed by atoms with Crippen LogP contribution in [0.2, 0.25) is 0 Å². The summed E-state index contributed by atoms with van der Waals surface area (Å²) < 4.78 is 0. The SMILES string of the molecule is CCC(C)CNCCCc1ncc[nH]1. The van der Waals surface area contributed by atoms with E-state index in [1.165, 1.54) is 6.42 Å². The van der Waals surface area contributed by atoms with Crippen molar-refractivity contribution in [3.05, 3.63) is 18.2 Å². The maximum Gasteiger partial charge on any atom is 0.106 e. The van der Waals surface area contributed by atoms with Crippen LogP contribution in [0.3, 0.4) is 0 Å². The van der Waals surface area contributed by atoms with Crippen LogP contribution in [0.1, 0.15) is 32.5 Å². The number of hydrogen-bond donors (Lipinski definition) is 2. The molecule has 1 aromatic rings. The van der Waals surface area contributed by atoms with E-state index in [0.29, 0.717) is 0 Å². The number of aromatic nitrogens is 2. The van der Waals surface area contributed by atoms with Gasteiger partial charge in [0.25, 0.3) is 0 Å². The van der Waals surface area contributed by atoms with Gasteiger partial charge in [-0.15, -0.1) is 0 Å². The van der Waals surface area contributed by atoms with E-state index in [9.17, 15) is 0 Å². The minimum absolute atomic E-state index is 0.790. The Kier molecular flexibility index (Phi) is 5.30. The minimum Gasteiger partial charge on any atom is -0.349 e. The fourth-order valence-electron chi connectivity index (χ4n) is 1.31. The highest BCUT2D eigenvalue weighted by molar-refractivity contribution is 4.86. The van der Waals surface area contributed by atoms with Gasteiger partial charge in [-0.05, 0) is 25.4 Å². The molecular formula is C11H21N3. The zero-order chi connectivity index (χ0) is 10.2. The van der Waals surface area contributed by atoms with Crippen molar-refractivity contribution in [2.75, 3.05) is 13.1 Å². The number of nitrogens with zero attached hydrogens (tertiary/aromatic N) is 1. The lowest BCUT2D eigenvalue weighted by molar-refractivity contribution is 0.494. The van der Waals surface area contributed by atoms with Gasteiger partial charge in [0.1, 0.15) is 5.82 Å². The number of aryl methyl sites for hydroxylation is 1. The summed E-state index contributed by atoms with van der Waals surface area (Å²) >= 11 is 0. The van der Waals surface area contributed by atoms with Gasteiger partial charge in [-0.1, -0.05) is 20.3 Å². The lowest BCUT2D eigenvalue weighted by Gasteiger charge is -2.09. The van der Waals surface area contributed by atoms with Gasteiger partial charge in [0.2, 0.25) is 0 Å². The first-order valence-electron chi connectivity index (χ1n) is 5.52. The van der Waals surface area contributed by atoms with E-state index in [-0.39, 0.29) is 0 Å². The van der Waals surface area contributed by atoms with Gasteiger partial charge in [0.05, 0.1) is 0 Å². The number of rotatable bonds is 7. The van der Waals surface area contributed by atoms with Crippen molar-refractivity contribution in [2.45, 2.75) is 33.1 Å². The topological polar surface area (TPSA) is 40.7 Å². The van der Waals surface area contributed by atoms with Crippen molar-refractivity contribution < 1.29 is 0 Å². The van der Waals surface area contributed by atoms with Gasteiger partial charge in [0, 0.05) is 18.8 Å². The summed E-state index contributed by atoms with van der Waals surface area (Å²) in [5.41, 5.74) is 0. The summed E-state index contributed by atoms with van der Waals surface area (Å²) in [4.78, 5) is 7.29. The first-order valence-corrected chi connectivity index (χ1v) is 5.52. The molecule has 0 aliphatic rings. The molecule has 0 aliphatic heterocycles. The Bertz CT molecular complexity index is 218. The third-order valence-electron chi connectivity index (χ3n) is 2.51. The maximum atomic E-state index is 4.18. The van der Waals surface area contributed by atoms with Crippen LogP contribution in [0, 0.1) is 5.92 Å². The van der Waals surface area contributed by atoms with Gasteiger partial charge >= 0.3 is 0 Å². The van der Waals surface area contributed by atoms with Gasteiger partial charge in [-0.3, -0.25) is 0 Å². The monoisotopic (exact) mass is 195 g/mol. The molecule has 1 atom stereocenters. The third-order valence-corrected chi connectivity index (χ3v) is 2.51. The fraction of sp³-hybridized carbons (Fsp3) is 0.727. The maximum absolute atomic E-state index is 4.18. The Balaban J connectivity index is 1.95. The van der Waals surface area contributed by atoms with E-state index in [1.807, 2.05) is 12.4 Å². The second kappa shape index (κ2) is 6.60. The second-order valence-electron chi connectivity index (χ2n) is 3.86. The second-order valence-corrected chi connectivity index (χ2v) is 3.86. The summed E-state index contributed by atoms with van der Waals surface area (Å²) in [6.07, 6.45) is 7.14. The molecule has 0 saturated carbocycles. The molecule has 0 radical (unpaired) electrons. The number of H-pyrrole nitrogens is 1. The molecule has 1 aromatic heterocycles. The molecule has 3 heteroatoms. The molecule has 0 spiro atoms. The zero-order valence-corrected chi connectivity index (χ0v) is 9.21. The van der Waals surface area contributed by atoms with Crippen LogP contribution in [0.5, 0.6) is 0 Å². The average Bonchev–Trinajstić information content (AvgIpc) is 2.69. The molecule has 1 rings (SSSR count). The van der Waals surface area contributed by atoms with Crippen LogP contribution in [-0.4, -0.2) is 23.1 Å². The van der Waals surface area contributed by atoms with E-state index in [2.05, 4.69) is 29.1 Å². The molecule has 1 heterocycles. The van der Waals surface area contributed by atoms with Crippen molar-refractivity contribution in [3.63, 3.8) is 0 Å². The molecule has 2 N–H and O–H groups in total. The van der Waals surface area contributed by atoms with Crippen molar-refractivity contribution in [1.29, 1.82) is 0 Å². The van der Waals surface area contributed by atoms with E-state index in [1.54, 1.807) is 0 Å². The van der Waals surface area contributed by atoms with Crippen LogP contribution in [-0.2, 0) is 6.42 Å². The molecule has 14 heavy (non-hydrogen) atoms. The predicted molar refractivity (Wildman–Crippen MR) is 59.2 cm³/mol. The third kappa shape index (κ3) is 4.42. The van der Waals surface area contributed by atoms with E-state index >= 15 is 0 Å². The predicted octanol–water partition coefficient (Wildman–Crippen LogP) is 1.98. The molecule has 1 unspecified atom stereocenters. The van der Waals surface area contributed by atoms with Gasteiger partial charge in [-0.25, -0.2) is 4.98 Å². The van der Waals surface area contributed by atoms with Crippen molar-refractivity contribution in [3.8, 4) is 0 Å². The van der Waals surface area contributed by atoms with Crippen molar-refractivity contribution in [1.82, 2.24) is 15.3 Å². The van der Waals surface area contributed by atoms with E-state index in [4.69, 9.17) is 0 Å². The summed E-state index contributed by atoms with van der Waals surface area (Å²) in [6.45, 7) is 6.73. The van der Waals surface area contributed by atoms with Crippen LogP contribution < -0.4 is 5.32 Å². The molecular weight excluding hydrogens is 174 g/mol. The summed E-state index contributed by atoms with van der Waals surface area (Å²) in [5.74, 6) is 1.88. The average molecular weight is 195 g/mol. The molecule has 0 fully saturated rings. The van der Waals surface area contributed by atoms with Gasteiger partial charge in [0.15, 0.2) is 0 Å². The first kappa shape index (κ1) is 11.2. The molecule has 80 valence electrons. The van der Waals surface area contributed by atoms with Crippen LogP contribution in [0.15, 0.2) is 12.4 Å². The molecule has 0 aliphatic carbocycles. The lowest BCUT2D eigenvalue weighted by atomic mass is 10.1. The highest BCUT2D eigenvalue weighted by Gasteiger charge is 1.97. The van der Waals surface area contributed by atoms with Crippen LogP contribution in [0.25, 0.3) is 0 Å². The molecule has 3 nitrogen and oxygen atoms in total. The number of imidazole rings is 1. The highest BCUT2D eigenvalue weighted by Crippen LogP contribution is 1.98. The lowest BCUT2D eigenvalue weighted by Crippen LogP contribution is -2.22. The largest absolute Gasteiger partial charge is 0.349 e. The van der Waals surface area contributed by atoms with Crippen molar-refractivity contribution >= 4 is 0 Å². The zero-order valence-electron chi connectivity index (χ0n) is 9.21. The number of aromatic amines is 1. The summed E-state index contributed by atoms with van der Waals surface area (Å²) in [6, 6.07) is 0. The molecule has 0 aromatic carbocycles. The van der Waals surface area contributed by atoms with Gasteiger partial charge < -0.3 is 10.3 Å². The standard InChI is InChI=1S/C11H21N3/c1-3-10(2)9-12-6-4-5-11-13-7-8-14-11/h7-8,10,12H,3-6,9H2,1-2H3,(H,13,14). The Hall–Kier alpha value is -0.830. The number of nitrogens with one attached hydrogen (secondary N) is 2. The quantitative estimate of drug-likeness (QED) is 0.653. The summed E-state index contributed by atoms with van der Waals surface area (Å²) in [5, 5.41) is 3.46. The van der Waals surface area contributed by atoms with E-state index in [0.717, 1.165) is 37.7 Å². The Morgan fingerprint density at radius 2 is 2.43 bits per heavy atom.